The summed E-state index contributed by atoms with van der Waals surface area (Å²) in [6.07, 6.45) is -0.930. The van der Waals surface area contributed by atoms with E-state index in [4.69, 9.17) is 4.74 Å². The van der Waals surface area contributed by atoms with Crippen molar-refractivity contribution >= 4 is 21.8 Å². The van der Waals surface area contributed by atoms with Gasteiger partial charge < -0.3 is 14.8 Å². The van der Waals surface area contributed by atoms with Crippen molar-refractivity contribution in [2.24, 2.45) is 0 Å². The molecule has 1 unspecified atom stereocenters. The maximum Gasteiger partial charge on any atom is 0.224 e. The van der Waals surface area contributed by atoms with Gasteiger partial charge in [0.2, 0.25) is 6.29 Å². The first-order valence-corrected chi connectivity index (χ1v) is 7.30. The quantitative estimate of drug-likeness (QED) is 0.504. The first-order chi connectivity index (χ1) is 10.8. The van der Waals surface area contributed by atoms with Crippen LogP contribution in [0.4, 0.5) is 0 Å². The van der Waals surface area contributed by atoms with Crippen LogP contribution in [0.15, 0.2) is 60.7 Å². The third-order valence-corrected chi connectivity index (χ3v) is 4.38. The lowest BCUT2D eigenvalue weighted by molar-refractivity contribution is -0.0211. The Morgan fingerprint density at radius 2 is 1.68 bits per heavy atom. The fourth-order valence-corrected chi connectivity index (χ4v) is 3.39. The minimum absolute atomic E-state index is 0.716. The van der Waals surface area contributed by atoms with Crippen LogP contribution in [0.1, 0.15) is 11.9 Å². The number of benzene rings is 3. The van der Waals surface area contributed by atoms with Crippen LogP contribution in [-0.4, -0.2) is 10.1 Å². The molecule has 0 spiro atoms. The third kappa shape index (κ3) is 1.43. The average molecular weight is 287 g/mol. The first kappa shape index (κ1) is 11.8. The van der Waals surface area contributed by atoms with Crippen LogP contribution in [-0.2, 0) is 0 Å². The smallest absolute Gasteiger partial charge is 0.224 e. The Labute approximate surface area is 126 Å². The number of hydrogen-bond donors (Lipinski definition) is 2. The summed E-state index contributed by atoms with van der Waals surface area (Å²) >= 11 is 0. The van der Waals surface area contributed by atoms with E-state index in [9.17, 15) is 5.11 Å². The number of H-pyrrole nitrogens is 1. The maximum atomic E-state index is 10.3. The van der Waals surface area contributed by atoms with E-state index < -0.39 is 6.29 Å². The molecule has 3 nitrogen and oxygen atoms in total. The second kappa shape index (κ2) is 4.12. The molecule has 1 aromatic heterocycles. The summed E-state index contributed by atoms with van der Waals surface area (Å²) in [6, 6.07) is 20.1. The molecule has 2 heterocycles. The van der Waals surface area contributed by atoms with Crippen LogP contribution in [0.3, 0.4) is 0 Å². The van der Waals surface area contributed by atoms with Crippen molar-refractivity contribution < 1.29 is 9.84 Å². The van der Waals surface area contributed by atoms with E-state index in [-0.39, 0.29) is 0 Å². The number of nitrogens with one attached hydrogen (secondary N) is 1. The highest BCUT2D eigenvalue weighted by Gasteiger charge is 2.26. The summed E-state index contributed by atoms with van der Waals surface area (Å²) in [5.74, 6) is 0.716. The van der Waals surface area contributed by atoms with Crippen LogP contribution in [0.25, 0.3) is 32.9 Å². The molecule has 1 aliphatic rings. The number of aliphatic hydroxyl groups excluding tert-OH is 1. The highest BCUT2D eigenvalue weighted by molar-refractivity contribution is 6.13. The summed E-state index contributed by atoms with van der Waals surface area (Å²) in [7, 11) is 0. The highest BCUT2D eigenvalue weighted by atomic mass is 16.6. The third-order valence-electron chi connectivity index (χ3n) is 4.38. The Morgan fingerprint density at radius 1 is 0.864 bits per heavy atom. The van der Waals surface area contributed by atoms with Crippen molar-refractivity contribution in [1.29, 1.82) is 0 Å². The van der Waals surface area contributed by atoms with E-state index in [1.807, 2.05) is 48.5 Å². The van der Waals surface area contributed by atoms with Crippen molar-refractivity contribution in [3.05, 3.63) is 66.2 Å². The highest BCUT2D eigenvalue weighted by Crippen LogP contribution is 2.45. The molecule has 0 amide bonds. The minimum Gasteiger partial charge on any atom is -0.460 e. The van der Waals surface area contributed by atoms with E-state index in [1.165, 1.54) is 10.8 Å². The summed E-state index contributed by atoms with van der Waals surface area (Å²) in [5, 5.41) is 12.7. The fourth-order valence-electron chi connectivity index (χ4n) is 3.39. The number of hydrogen-bond acceptors (Lipinski definition) is 2. The van der Waals surface area contributed by atoms with Gasteiger partial charge in [-0.2, -0.15) is 0 Å². The van der Waals surface area contributed by atoms with E-state index >= 15 is 0 Å². The van der Waals surface area contributed by atoms with Gasteiger partial charge in [0.25, 0.3) is 0 Å². The van der Waals surface area contributed by atoms with Crippen molar-refractivity contribution in [1.82, 2.24) is 4.98 Å². The molecule has 3 aromatic carbocycles. The van der Waals surface area contributed by atoms with E-state index in [0.29, 0.717) is 5.75 Å². The second-order valence-corrected chi connectivity index (χ2v) is 5.59. The normalized spacial score (nSPS) is 16.3. The topological polar surface area (TPSA) is 45.2 Å². The van der Waals surface area contributed by atoms with Gasteiger partial charge in [0.05, 0.1) is 5.52 Å². The molecule has 0 bridgehead atoms. The molecular formula is C19H13NO2. The molecule has 1 aliphatic heterocycles. The zero-order valence-electron chi connectivity index (χ0n) is 11.7. The molecule has 0 fully saturated rings. The second-order valence-electron chi connectivity index (χ2n) is 5.59. The summed E-state index contributed by atoms with van der Waals surface area (Å²) in [4.78, 5) is 3.50. The number of aromatic nitrogens is 1. The molecule has 0 radical (unpaired) electrons. The van der Waals surface area contributed by atoms with Crippen LogP contribution >= 0.6 is 0 Å². The van der Waals surface area contributed by atoms with Gasteiger partial charge in [0.1, 0.15) is 5.75 Å². The molecule has 2 N–H and O–H groups in total. The Bertz CT molecular complexity index is 1030. The largest absolute Gasteiger partial charge is 0.460 e. The molecular weight excluding hydrogens is 274 g/mol. The SMILES string of the molecule is OC1Oc2ccccc2-c2c1ccc1c2[nH]c2ccccc21. The zero-order valence-corrected chi connectivity index (χ0v) is 11.7. The van der Waals surface area contributed by atoms with E-state index in [1.54, 1.807) is 0 Å². The molecule has 22 heavy (non-hydrogen) atoms. The van der Waals surface area contributed by atoms with E-state index in [0.717, 1.165) is 27.7 Å². The Kier molecular flexibility index (Phi) is 2.22. The van der Waals surface area contributed by atoms with Crippen LogP contribution < -0.4 is 4.74 Å². The number of aliphatic hydroxyl groups is 1. The zero-order chi connectivity index (χ0) is 14.7. The molecule has 1 atom stereocenters. The lowest BCUT2D eigenvalue weighted by atomic mass is 9.93. The van der Waals surface area contributed by atoms with Gasteiger partial charge in [-0.3, -0.25) is 0 Å². The standard InChI is InChI=1S/C19H13NO2/c21-19-14-10-9-12-11-5-1-3-7-15(11)20-18(12)17(14)13-6-2-4-8-16(13)22-19/h1-10,19-21H. The summed E-state index contributed by atoms with van der Waals surface area (Å²) in [6.45, 7) is 0. The Balaban J connectivity index is 1.98. The average Bonchev–Trinajstić information content (AvgIpc) is 2.93. The van der Waals surface area contributed by atoms with Gasteiger partial charge in [-0.1, -0.05) is 48.5 Å². The Morgan fingerprint density at radius 3 is 2.64 bits per heavy atom. The van der Waals surface area contributed by atoms with Crippen molar-refractivity contribution in [2.45, 2.75) is 6.29 Å². The molecule has 106 valence electrons. The number of rotatable bonds is 0. The molecule has 0 aliphatic carbocycles. The van der Waals surface area contributed by atoms with Crippen molar-refractivity contribution in [2.75, 3.05) is 0 Å². The molecule has 4 aromatic rings. The molecule has 0 saturated heterocycles. The number of para-hydroxylation sites is 2. The first-order valence-electron chi connectivity index (χ1n) is 7.30. The number of aromatic amines is 1. The van der Waals surface area contributed by atoms with E-state index in [2.05, 4.69) is 17.1 Å². The molecule has 0 saturated carbocycles. The Hall–Kier alpha value is -2.78. The number of fused-ring (bicyclic) bond motifs is 7. The lowest BCUT2D eigenvalue weighted by Gasteiger charge is -2.25. The molecule has 3 heteroatoms. The van der Waals surface area contributed by atoms with Crippen LogP contribution in [0, 0.1) is 0 Å². The lowest BCUT2D eigenvalue weighted by Crippen LogP contribution is -2.13. The summed E-state index contributed by atoms with van der Waals surface area (Å²) in [5.41, 5.74) is 5.00. The van der Waals surface area contributed by atoms with Crippen LogP contribution in [0.2, 0.25) is 0 Å². The predicted octanol–water partition coefficient (Wildman–Crippen LogP) is 4.37. The van der Waals surface area contributed by atoms with Gasteiger partial charge in [-0.05, 0) is 12.1 Å². The number of ether oxygens (including phenoxy) is 1. The van der Waals surface area contributed by atoms with Gasteiger partial charge in [-0.25, -0.2) is 0 Å². The van der Waals surface area contributed by atoms with Gasteiger partial charge in [0, 0.05) is 33.0 Å². The predicted molar refractivity (Wildman–Crippen MR) is 86.8 cm³/mol. The summed E-state index contributed by atoms with van der Waals surface area (Å²) < 4.78 is 5.62. The van der Waals surface area contributed by atoms with Crippen molar-refractivity contribution in [3.8, 4) is 16.9 Å². The van der Waals surface area contributed by atoms with Crippen molar-refractivity contribution in [3.63, 3.8) is 0 Å². The minimum atomic E-state index is -0.930. The fraction of sp³-hybridized carbons (Fsp3) is 0.0526. The van der Waals surface area contributed by atoms with Gasteiger partial charge >= 0.3 is 0 Å². The monoisotopic (exact) mass is 287 g/mol. The van der Waals surface area contributed by atoms with Gasteiger partial charge in [-0.15, -0.1) is 0 Å². The molecule has 5 rings (SSSR count). The van der Waals surface area contributed by atoms with Gasteiger partial charge in [0.15, 0.2) is 0 Å². The van der Waals surface area contributed by atoms with Crippen LogP contribution in [0.5, 0.6) is 5.75 Å². The maximum absolute atomic E-state index is 10.3.